The van der Waals surface area contributed by atoms with Gasteiger partial charge in [0.1, 0.15) is 0 Å². The lowest BCUT2D eigenvalue weighted by Crippen LogP contribution is -2.37. The molecule has 0 saturated carbocycles. The van der Waals surface area contributed by atoms with E-state index in [1.54, 1.807) is 0 Å². The third-order valence-corrected chi connectivity index (χ3v) is 2.77. The minimum Gasteiger partial charge on any atom is -0.478 e. The lowest BCUT2D eigenvalue weighted by molar-refractivity contribution is -0.133. The highest BCUT2D eigenvalue weighted by Gasteiger charge is 2.26. The molecule has 0 aromatic heterocycles. The van der Waals surface area contributed by atoms with Gasteiger partial charge in [-0.3, -0.25) is 0 Å². The molecule has 16 nitrogen and oxygen atoms in total. The van der Waals surface area contributed by atoms with Gasteiger partial charge in [-0.05, 0) is 13.8 Å². The van der Waals surface area contributed by atoms with Gasteiger partial charge in [0.2, 0.25) is 0 Å². The Morgan fingerprint density at radius 1 is 0.488 bits per heavy atom. The molecule has 0 heterocycles. The number of rotatable bonds is 10. The summed E-state index contributed by atoms with van der Waals surface area (Å²) >= 11 is 0. The highest BCUT2D eigenvalue weighted by atomic mass is 16.4. The summed E-state index contributed by atoms with van der Waals surface area (Å²) < 4.78 is 0. The molecule has 0 rings (SSSR count). The first-order valence-electron chi connectivity index (χ1n) is 10.2. The van der Waals surface area contributed by atoms with Gasteiger partial charge in [-0.2, -0.15) is 0 Å². The predicted octanol–water partition coefficient (Wildman–Crippen LogP) is 0.264. The van der Waals surface area contributed by atoms with E-state index in [1.165, 1.54) is 13.8 Å². The summed E-state index contributed by atoms with van der Waals surface area (Å²) in [7, 11) is 0. The van der Waals surface area contributed by atoms with Crippen molar-refractivity contribution in [2.24, 2.45) is 5.41 Å². The molecule has 0 aliphatic rings. The van der Waals surface area contributed by atoms with Crippen LogP contribution < -0.4 is 0 Å². The van der Waals surface area contributed by atoms with Crippen LogP contribution in [0.3, 0.4) is 0 Å². The molecular formula is C25H40O16. The van der Waals surface area contributed by atoms with E-state index in [4.69, 9.17) is 51.1 Å². The van der Waals surface area contributed by atoms with Crippen LogP contribution in [0.4, 0.5) is 0 Å². The van der Waals surface area contributed by atoms with Crippen LogP contribution in [0.25, 0.3) is 0 Å². The Bertz CT molecular complexity index is 714. The zero-order valence-corrected chi connectivity index (χ0v) is 22.8. The van der Waals surface area contributed by atoms with E-state index in [0.717, 1.165) is 24.3 Å². The summed E-state index contributed by atoms with van der Waals surface area (Å²) in [6.45, 7) is 19.4. The first kappa shape index (κ1) is 52.5. The fourth-order valence-corrected chi connectivity index (χ4v) is 0.300. The van der Waals surface area contributed by atoms with Crippen LogP contribution in [0.2, 0.25) is 0 Å². The Hall–Kier alpha value is -4.90. The molecule has 236 valence electrons. The van der Waals surface area contributed by atoms with Gasteiger partial charge in [-0.15, -0.1) is 0 Å². The fourth-order valence-electron chi connectivity index (χ4n) is 0.300. The highest BCUT2D eigenvalue weighted by Crippen LogP contribution is 2.11. The van der Waals surface area contributed by atoms with Crippen molar-refractivity contribution in [1.82, 2.24) is 0 Å². The van der Waals surface area contributed by atoms with Crippen molar-refractivity contribution in [2.75, 3.05) is 26.4 Å². The van der Waals surface area contributed by atoms with Gasteiger partial charge < -0.3 is 51.1 Å². The molecule has 0 spiro atoms. The van der Waals surface area contributed by atoms with E-state index in [1.807, 2.05) is 0 Å². The average Bonchev–Trinajstić information content (AvgIpc) is 2.92. The maximum atomic E-state index is 9.60. The number of carboxylic acid groups (broad SMARTS) is 6. The van der Waals surface area contributed by atoms with Crippen molar-refractivity contribution in [3.8, 4) is 0 Å². The molecule has 16 heteroatoms. The third kappa shape index (κ3) is 72.1. The predicted molar refractivity (Wildman–Crippen MR) is 147 cm³/mol. The number of hydrogen-bond acceptors (Lipinski definition) is 10. The number of hydrogen-bond donors (Lipinski definition) is 10. The van der Waals surface area contributed by atoms with Crippen molar-refractivity contribution in [2.45, 2.75) is 13.8 Å². The van der Waals surface area contributed by atoms with E-state index in [0.29, 0.717) is 0 Å². The van der Waals surface area contributed by atoms with Gasteiger partial charge in [-0.1, -0.05) is 39.5 Å². The zero-order chi connectivity index (χ0) is 34.8. The lowest BCUT2D eigenvalue weighted by Gasteiger charge is -2.23. The Morgan fingerprint density at radius 2 is 0.585 bits per heavy atom. The molecule has 0 atom stereocenters. The topological polar surface area (TPSA) is 305 Å². The van der Waals surface area contributed by atoms with Crippen LogP contribution in [0.1, 0.15) is 13.8 Å². The smallest absolute Gasteiger partial charge is 0.330 e. The van der Waals surface area contributed by atoms with E-state index in [9.17, 15) is 28.8 Å². The number of carbonyl (C=O) groups is 6. The van der Waals surface area contributed by atoms with Crippen LogP contribution >= 0.6 is 0 Å². The van der Waals surface area contributed by atoms with Gasteiger partial charge in [0.15, 0.2) is 0 Å². The second-order valence-electron chi connectivity index (χ2n) is 6.47. The summed E-state index contributed by atoms with van der Waals surface area (Å²) in [4.78, 5) is 56.2. The number of aliphatic hydroxyl groups excluding tert-OH is 4. The summed E-state index contributed by atoms with van der Waals surface area (Å²) in [6.07, 6.45) is 3.33. The van der Waals surface area contributed by atoms with E-state index >= 15 is 0 Å². The summed E-state index contributed by atoms with van der Waals surface area (Å²) in [6, 6.07) is 0. The second kappa shape index (κ2) is 37.3. The summed E-state index contributed by atoms with van der Waals surface area (Å²) in [5, 5.41) is 80.2. The van der Waals surface area contributed by atoms with Crippen LogP contribution in [0, 0.1) is 5.41 Å². The molecule has 0 aromatic carbocycles. The monoisotopic (exact) mass is 596 g/mol. The van der Waals surface area contributed by atoms with E-state index in [2.05, 4.69) is 39.5 Å². The maximum Gasteiger partial charge on any atom is 0.330 e. The van der Waals surface area contributed by atoms with Crippen LogP contribution in [-0.2, 0) is 28.8 Å². The highest BCUT2D eigenvalue weighted by molar-refractivity contribution is 5.85. The molecule has 0 aromatic rings. The molecule has 0 bridgehead atoms. The van der Waals surface area contributed by atoms with Crippen molar-refractivity contribution in [3.05, 3.63) is 74.9 Å². The zero-order valence-electron chi connectivity index (χ0n) is 22.8. The molecule has 0 radical (unpaired) electrons. The minimum atomic E-state index is -1.11. The summed E-state index contributed by atoms with van der Waals surface area (Å²) in [5.74, 6) is -5.80. The van der Waals surface area contributed by atoms with Crippen LogP contribution in [0.15, 0.2) is 74.9 Å². The Morgan fingerprint density at radius 3 is 0.585 bits per heavy atom. The van der Waals surface area contributed by atoms with Gasteiger partial charge in [0.25, 0.3) is 0 Å². The van der Waals surface area contributed by atoms with Gasteiger partial charge >= 0.3 is 35.8 Å². The van der Waals surface area contributed by atoms with Crippen LogP contribution in [-0.4, -0.2) is 113 Å². The van der Waals surface area contributed by atoms with Crippen LogP contribution in [0.5, 0.6) is 0 Å². The molecule has 0 aliphatic carbocycles. The summed E-state index contributed by atoms with van der Waals surface area (Å²) in [5.41, 5.74) is -0.759. The maximum absolute atomic E-state index is 9.60. The Balaban J connectivity index is -0.0000000667. The number of aliphatic carboxylic acids is 6. The SMILES string of the molecule is C=C(C)C(=O)O.C=C(C)C(=O)O.C=CC(=O)O.C=CC(=O)O.C=CC(=O)O.C=CC(=O)O.OCC(CO)(CO)CO. The Labute approximate surface area is 236 Å². The molecule has 0 amide bonds. The van der Waals surface area contributed by atoms with Crippen molar-refractivity contribution in [3.63, 3.8) is 0 Å². The molecule has 0 fully saturated rings. The average molecular weight is 597 g/mol. The molecule has 0 unspecified atom stereocenters. The first-order valence-corrected chi connectivity index (χ1v) is 10.2. The molecule has 10 N–H and O–H groups in total. The van der Waals surface area contributed by atoms with Crippen molar-refractivity contribution < 1.29 is 79.8 Å². The number of aliphatic hydroxyl groups is 4. The standard InChI is InChI=1S/C5H12O4.2C4H6O2.4C3H4O2/c6-1-5(2-7,3-8)4-9;2*1-3(2)4(5)6;4*1-2-3(4)5/h6-9H,1-4H2;2*1H2,2H3,(H,5,6);4*2H,1H2,(H,4,5). The van der Waals surface area contributed by atoms with E-state index < -0.39 is 67.7 Å². The number of carboxylic acids is 6. The lowest BCUT2D eigenvalue weighted by atomic mass is 9.93. The van der Waals surface area contributed by atoms with Gasteiger partial charge in [0.05, 0.1) is 31.8 Å². The minimum absolute atomic E-state index is 0.176. The van der Waals surface area contributed by atoms with Gasteiger partial charge in [-0.25, -0.2) is 28.8 Å². The largest absolute Gasteiger partial charge is 0.478 e. The third-order valence-electron chi connectivity index (χ3n) is 2.77. The second-order valence-corrected chi connectivity index (χ2v) is 6.47. The fraction of sp³-hybridized carbons (Fsp3) is 0.280. The van der Waals surface area contributed by atoms with Gasteiger partial charge in [0, 0.05) is 35.5 Å². The normalized spacial score (nSPS) is 7.95. The van der Waals surface area contributed by atoms with E-state index in [-0.39, 0.29) is 11.1 Å². The Kier molecular flexibility index (Phi) is 47.7. The molecule has 41 heavy (non-hydrogen) atoms. The molecule has 0 saturated heterocycles. The molecule has 0 aliphatic heterocycles. The first-order chi connectivity index (χ1) is 18.6. The quantitative estimate of drug-likeness (QED) is 0.151. The van der Waals surface area contributed by atoms with Crippen molar-refractivity contribution in [1.29, 1.82) is 0 Å². The van der Waals surface area contributed by atoms with Crippen molar-refractivity contribution >= 4 is 35.8 Å². The molecular weight excluding hydrogens is 556 g/mol.